The number of hydrogen-bond donors (Lipinski definition) is 1. The average molecular weight is 511 g/mol. The van der Waals surface area contributed by atoms with E-state index in [1.165, 1.54) is 16.7 Å². The van der Waals surface area contributed by atoms with Crippen molar-refractivity contribution in [3.63, 3.8) is 0 Å². The third-order valence-corrected chi connectivity index (χ3v) is 8.41. The quantitative estimate of drug-likeness (QED) is 0.625. The monoisotopic (exact) mass is 510 g/mol. The first-order chi connectivity index (χ1) is 18.7. The molecule has 4 heterocycles. The van der Waals surface area contributed by atoms with Crippen LogP contribution in [0.3, 0.4) is 0 Å². The van der Waals surface area contributed by atoms with Crippen LogP contribution in [0.25, 0.3) is 0 Å². The van der Waals surface area contributed by atoms with E-state index in [-0.39, 0.29) is 5.41 Å². The van der Waals surface area contributed by atoms with Gasteiger partial charge in [0.05, 0.1) is 5.71 Å². The van der Waals surface area contributed by atoms with Crippen molar-refractivity contribution in [2.75, 3.05) is 44.3 Å². The summed E-state index contributed by atoms with van der Waals surface area (Å²) < 4.78 is 5.46. The number of amidine groups is 1. The largest absolute Gasteiger partial charge is 0.381 e. The van der Waals surface area contributed by atoms with Crippen LogP contribution < -0.4 is 10.2 Å². The summed E-state index contributed by atoms with van der Waals surface area (Å²) in [4.78, 5) is 9.59. The molecule has 2 fully saturated rings. The van der Waals surface area contributed by atoms with Crippen LogP contribution in [0.1, 0.15) is 37.3 Å². The lowest BCUT2D eigenvalue weighted by Crippen LogP contribution is -2.52. The molecule has 2 saturated heterocycles. The van der Waals surface area contributed by atoms with E-state index >= 15 is 0 Å². The molecular formula is C31H38N6O. The lowest BCUT2D eigenvalue weighted by atomic mass is 9.70. The van der Waals surface area contributed by atoms with Gasteiger partial charge in [-0.1, -0.05) is 54.6 Å². The summed E-state index contributed by atoms with van der Waals surface area (Å²) >= 11 is 0. The molecule has 1 unspecified atom stereocenters. The molecule has 0 saturated carbocycles. The number of piperazine rings is 1. The number of benzene rings is 1. The molecule has 3 aliphatic heterocycles. The van der Waals surface area contributed by atoms with Crippen LogP contribution in [0, 0.1) is 5.41 Å². The maximum Gasteiger partial charge on any atom is 0.155 e. The van der Waals surface area contributed by atoms with E-state index in [2.05, 4.69) is 82.7 Å². The van der Waals surface area contributed by atoms with Gasteiger partial charge < -0.3 is 19.9 Å². The molecule has 1 atom stereocenters. The molecule has 1 aromatic heterocycles. The Balaban J connectivity index is 1.09. The highest BCUT2D eigenvalue weighted by atomic mass is 16.5. The molecule has 1 aliphatic carbocycles. The summed E-state index contributed by atoms with van der Waals surface area (Å²) in [6.07, 6.45) is 12.7. The molecule has 7 heteroatoms. The van der Waals surface area contributed by atoms with E-state index < -0.39 is 0 Å². The predicted octanol–water partition coefficient (Wildman–Crippen LogP) is 4.38. The van der Waals surface area contributed by atoms with Crippen molar-refractivity contribution in [1.29, 1.82) is 0 Å². The van der Waals surface area contributed by atoms with Gasteiger partial charge in [-0.05, 0) is 43.4 Å². The van der Waals surface area contributed by atoms with E-state index in [9.17, 15) is 0 Å². The fourth-order valence-corrected chi connectivity index (χ4v) is 5.90. The second kappa shape index (κ2) is 11.2. The van der Waals surface area contributed by atoms with Gasteiger partial charge in [-0.15, -0.1) is 5.10 Å². The fraction of sp³-hybridized carbons (Fsp3) is 0.452. The Morgan fingerprint density at radius 3 is 2.50 bits per heavy atom. The number of hydrogen-bond acceptors (Lipinski definition) is 7. The van der Waals surface area contributed by atoms with Crippen molar-refractivity contribution in [2.24, 2.45) is 15.6 Å². The average Bonchev–Trinajstić information content (AvgIpc) is 2.98. The van der Waals surface area contributed by atoms with Gasteiger partial charge in [0, 0.05) is 75.6 Å². The van der Waals surface area contributed by atoms with Gasteiger partial charge in [0.1, 0.15) is 5.82 Å². The smallest absolute Gasteiger partial charge is 0.155 e. The van der Waals surface area contributed by atoms with Crippen LogP contribution in [0.2, 0.25) is 0 Å². The number of allylic oxidation sites excluding steroid dienone is 3. The van der Waals surface area contributed by atoms with Gasteiger partial charge in [-0.25, -0.2) is 4.98 Å². The fourth-order valence-electron chi connectivity index (χ4n) is 5.90. The number of pyridine rings is 1. The number of nitrogens with one attached hydrogen (secondary N) is 1. The number of anilines is 1. The first-order valence-corrected chi connectivity index (χ1v) is 14.0. The summed E-state index contributed by atoms with van der Waals surface area (Å²) in [6.45, 7) is 8.59. The number of fused-ring (bicyclic) bond motifs is 1. The minimum absolute atomic E-state index is 0.116. The van der Waals surface area contributed by atoms with E-state index in [1.54, 1.807) is 0 Å². The molecule has 0 amide bonds. The second-order valence-electron chi connectivity index (χ2n) is 10.9. The highest BCUT2D eigenvalue weighted by Crippen LogP contribution is 2.41. The summed E-state index contributed by atoms with van der Waals surface area (Å²) in [6, 6.07) is 15.5. The van der Waals surface area contributed by atoms with Gasteiger partial charge in [0.2, 0.25) is 0 Å². The summed E-state index contributed by atoms with van der Waals surface area (Å²) in [5.74, 6) is 2.09. The Morgan fingerprint density at radius 2 is 1.74 bits per heavy atom. The van der Waals surface area contributed by atoms with Crippen LogP contribution in [0.5, 0.6) is 0 Å². The Kier molecular flexibility index (Phi) is 7.38. The summed E-state index contributed by atoms with van der Waals surface area (Å²) in [5, 5.41) is 13.3. The normalized spacial score (nSPS) is 24.0. The maximum absolute atomic E-state index is 5.46. The molecule has 198 valence electrons. The number of nitrogens with zero attached hydrogens (tertiary/aromatic N) is 5. The zero-order chi connectivity index (χ0) is 25.8. The number of aromatic nitrogens is 1. The standard InChI is InChI=1S/C31H38N6O/c1-31-14-6-5-9-27(31)30(35-34-28(31)21-24-7-3-2-4-8-24)37-17-15-36(16-18-37)29-11-10-25(23-33-29)22-32-26-12-19-38-20-13-26/h2-11,23,26,32H,12-22H2,1H3. The first kappa shape index (κ1) is 25.0. The van der Waals surface area contributed by atoms with E-state index in [0.29, 0.717) is 6.04 Å². The predicted molar refractivity (Wildman–Crippen MR) is 154 cm³/mol. The molecule has 7 nitrogen and oxygen atoms in total. The van der Waals surface area contributed by atoms with E-state index in [1.807, 2.05) is 6.20 Å². The van der Waals surface area contributed by atoms with Crippen molar-refractivity contribution in [3.05, 3.63) is 83.6 Å². The molecular weight excluding hydrogens is 472 g/mol. The van der Waals surface area contributed by atoms with E-state index in [4.69, 9.17) is 19.9 Å². The molecule has 1 aromatic carbocycles. The molecule has 38 heavy (non-hydrogen) atoms. The zero-order valence-corrected chi connectivity index (χ0v) is 22.4. The minimum Gasteiger partial charge on any atom is -0.381 e. The van der Waals surface area contributed by atoms with Crippen LogP contribution in [-0.2, 0) is 17.7 Å². The molecule has 1 N–H and O–H groups in total. The molecule has 2 aromatic rings. The highest BCUT2D eigenvalue weighted by Gasteiger charge is 2.41. The minimum atomic E-state index is -0.116. The van der Waals surface area contributed by atoms with Crippen LogP contribution in [0.4, 0.5) is 5.82 Å². The molecule has 0 bridgehead atoms. The molecule has 6 rings (SSSR count). The van der Waals surface area contributed by atoms with Crippen LogP contribution in [0.15, 0.2) is 82.7 Å². The van der Waals surface area contributed by atoms with E-state index in [0.717, 1.165) is 89.0 Å². The number of ether oxygens (including phenoxy) is 1. The van der Waals surface area contributed by atoms with Gasteiger partial charge in [0.15, 0.2) is 5.84 Å². The Bertz CT molecular complexity index is 1220. The van der Waals surface area contributed by atoms with Crippen molar-refractivity contribution >= 4 is 17.4 Å². The lowest BCUT2D eigenvalue weighted by Gasteiger charge is -2.43. The van der Waals surface area contributed by atoms with Crippen molar-refractivity contribution in [3.8, 4) is 0 Å². The molecule has 4 aliphatic rings. The highest BCUT2D eigenvalue weighted by molar-refractivity contribution is 6.11. The van der Waals surface area contributed by atoms with Crippen LogP contribution in [-0.4, -0.2) is 66.9 Å². The number of rotatable bonds is 6. The Hall–Kier alpha value is -3.29. The van der Waals surface area contributed by atoms with Crippen molar-refractivity contribution < 1.29 is 4.74 Å². The molecule has 0 radical (unpaired) electrons. The van der Waals surface area contributed by atoms with Crippen molar-refractivity contribution in [2.45, 2.75) is 45.2 Å². The van der Waals surface area contributed by atoms with Gasteiger partial charge in [-0.2, -0.15) is 5.10 Å². The third kappa shape index (κ3) is 5.31. The summed E-state index contributed by atoms with van der Waals surface area (Å²) in [5.41, 5.74) is 4.85. The van der Waals surface area contributed by atoms with Gasteiger partial charge in [-0.3, -0.25) is 0 Å². The van der Waals surface area contributed by atoms with Gasteiger partial charge >= 0.3 is 0 Å². The SMILES string of the molecule is CC12CC=CC=C1C(N1CCN(c3ccc(CNC4CCOCC4)cn3)CC1)=NN=C2Cc1ccccc1. The second-order valence-corrected chi connectivity index (χ2v) is 10.9. The Labute approximate surface area is 226 Å². The third-order valence-electron chi connectivity index (χ3n) is 8.41. The van der Waals surface area contributed by atoms with Crippen LogP contribution >= 0.6 is 0 Å². The first-order valence-electron chi connectivity index (χ1n) is 14.0. The maximum atomic E-state index is 5.46. The summed E-state index contributed by atoms with van der Waals surface area (Å²) in [7, 11) is 0. The topological polar surface area (TPSA) is 65.3 Å². The zero-order valence-electron chi connectivity index (χ0n) is 22.4. The molecule has 0 spiro atoms. The Morgan fingerprint density at radius 1 is 0.947 bits per heavy atom. The lowest BCUT2D eigenvalue weighted by molar-refractivity contribution is 0.0776. The van der Waals surface area contributed by atoms with Gasteiger partial charge in [0.25, 0.3) is 0 Å². The van der Waals surface area contributed by atoms with Crippen molar-refractivity contribution in [1.82, 2.24) is 15.2 Å².